The van der Waals surface area contributed by atoms with E-state index in [1.54, 1.807) is 23.6 Å². The summed E-state index contributed by atoms with van der Waals surface area (Å²) in [5.41, 5.74) is 1.17. The molecular formula is C22H27N5O2S2. The van der Waals surface area contributed by atoms with Crippen molar-refractivity contribution in [3.8, 4) is 6.07 Å². The number of pyridine rings is 1. The Morgan fingerprint density at radius 2 is 1.87 bits per heavy atom. The molecule has 0 aromatic carbocycles. The van der Waals surface area contributed by atoms with Crippen molar-refractivity contribution in [2.24, 2.45) is 0 Å². The third-order valence-electron chi connectivity index (χ3n) is 5.74. The van der Waals surface area contributed by atoms with E-state index >= 15 is 0 Å². The van der Waals surface area contributed by atoms with Crippen LogP contribution in [-0.2, 0) is 11.3 Å². The van der Waals surface area contributed by atoms with Gasteiger partial charge in [-0.3, -0.25) is 19.1 Å². The third-order valence-corrected chi connectivity index (χ3v) is 7.12. The molecule has 3 rings (SSSR count). The maximum atomic E-state index is 13.0. The summed E-state index contributed by atoms with van der Waals surface area (Å²) in [4.78, 5) is 32.5. The van der Waals surface area contributed by atoms with E-state index < -0.39 is 0 Å². The number of thiocarbonyl (C=S) groups is 1. The van der Waals surface area contributed by atoms with Crippen molar-refractivity contribution >= 4 is 46.1 Å². The van der Waals surface area contributed by atoms with Crippen LogP contribution in [0.4, 0.5) is 5.82 Å². The van der Waals surface area contributed by atoms with Gasteiger partial charge < -0.3 is 9.80 Å². The highest BCUT2D eigenvalue weighted by Gasteiger charge is 2.32. The SMILES string of the molecule is C=CCN1C(=O)C(=Cc2c(C)c(C#N)c(=O)n(CC)c2N2CCN(CC)CC2)SC1=S. The topological polar surface area (TPSA) is 72.6 Å². The molecule has 1 amide bonds. The quantitative estimate of drug-likeness (QED) is 0.369. The van der Waals surface area contributed by atoms with Gasteiger partial charge in [0.15, 0.2) is 0 Å². The zero-order chi connectivity index (χ0) is 22.7. The van der Waals surface area contributed by atoms with Crippen molar-refractivity contribution in [2.75, 3.05) is 44.2 Å². The van der Waals surface area contributed by atoms with Crippen LogP contribution in [0.5, 0.6) is 0 Å². The van der Waals surface area contributed by atoms with Crippen LogP contribution in [0.1, 0.15) is 30.5 Å². The highest BCUT2D eigenvalue weighted by molar-refractivity contribution is 8.26. The zero-order valence-corrected chi connectivity index (χ0v) is 19.8. The average Bonchev–Trinajstić information content (AvgIpc) is 3.03. The van der Waals surface area contributed by atoms with Crippen molar-refractivity contribution in [2.45, 2.75) is 27.3 Å². The Balaban J connectivity index is 2.18. The van der Waals surface area contributed by atoms with Crippen molar-refractivity contribution in [3.63, 3.8) is 0 Å². The van der Waals surface area contributed by atoms with Gasteiger partial charge >= 0.3 is 0 Å². The fourth-order valence-electron chi connectivity index (χ4n) is 3.97. The minimum Gasteiger partial charge on any atom is -0.355 e. The van der Waals surface area contributed by atoms with Crippen LogP contribution in [0.25, 0.3) is 6.08 Å². The number of aromatic nitrogens is 1. The van der Waals surface area contributed by atoms with Gasteiger partial charge in [0.1, 0.15) is 21.8 Å². The number of carbonyl (C=O) groups excluding carboxylic acids is 1. The largest absolute Gasteiger partial charge is 0.355 e. The summed E-state index contributed by atoms with van der Waals surface area (Å²) < 4.78 is 2.14. The summed E-state index contributed by atoms with van der Waals surface area (Å²) in [5, 5.41) is 9.66. The van der Waals surface area contributed by atoms with Crippen LogP contribution in [0.15, 0.2) is 22.4 Å². The Morgan fingerprint density at radius 3 is 2.42 bits per heavy atom. The fourth-order valence-corrected chi connectivity index (χ4v) is 5.23. The molecule has 7 nitrogen and oxygen atoms in total. The number of piperazine rings is 1. The number of likely N-dealkylation sites (N-methyl/N-ethyl adjacent to an activating group) is 1. The Labute approximate surface area is 192 Å². The zero-order valence-electron chi connectivity index (χ0n) is 18.2. The first-order valence-electron chi connectivity index (χ1n) is 10.4. The van der Waals surface area contributed by atoms with E-state index in [0.717, 1.165) is 44.1 Å². The molecule has 1 aromatic heterocycles. The van der Waals surface area contributed by atoms with E-state index in [0.29, 0.717) is 27.9 Å². The molecule has 0 aliphatic carbocycles. The van der Waals surface area contributed by atoms with Crippen LogP contribution in [0, 0.1) is 18.3 Å². The maximum Gasteiger partial charge on any atom is 0.270 e. The first-order valence-corrected chi connectivity index (χ1v) is 11.6. The molecule has 0 radical (unpaired) electrons. The Bertz CT molecular complexity index is 1050. The minimum absolute atomic E-state index is 0.116. The van der Waals surface area contributed by atoms with Gasteiger partial charge in [0.25, 0.3) is 11.5 Å². The van der Waals surface area contributed by atoms with Gasteiger partial charge in [-0.15, -0.1) is 6.58 Å². The summed E-state index contributed by atoms with van der Waals surface area (Å²) in [6, 6.07) is 2.07. The molecule has 2 saturated heterocycles. The molecule has 1 aromatic rings. The van der Waals surface area contributed by atoms with Crippen molar-refractivity contribution in [1.82, 2.24) is 14.4 Å². The Hall–Kier alpha value is -2.41. The molecule has 0 N–H and O–H groups in total. The van der Waals surface area contributed by atoms with E-state index in [-0.39, 0.29) is 17.0 Å². The van der Waals surface area contributed by atoms with Crippen LogP contribution < -0.4 is 10.5 Å². The number of hydrogen-bond acceptors (Lipinski definition) is 7. The second-order valence-electron chi connectivity index (χ2n) is 7.40. The van der Waals surface area contributed by atoms with Gasteiger partial charge in [-0.25, -0.2) is 0 Å². The molecular weight excluding hydrogens is 430 g/mol. The number of hydrogen-bond donors (Lipinski definition) is 0. The Kier molecular flexibility index (Phi) is 7.36. The van der Waals surface area contributed by atoms with Crippen LogP contribution in [-0.4, -0.2) is 63.9 Å². The van der Waals surface area contributed by atoms with Crippen molar-refractivity contribution in [3.05, 3.63) is 44.6 Å². The monoisotopic (exact) mass is 457 g/mol. The lowest BCUT2D eigenvalue weighted by Crippen LogP contribution is -2.48. The Morgan fingerprint density at radius 1 is 1.19 bits per heavy atom. The first kappa shape index (κ1) is 23.3. The molecule has 2 aliphatic heterocycles. The van der Waals surface area contributed by atoms with Gasteiger partial charge in [0, 0.05) is 44.8 Å². The molecule has 0 unspecified atom stereocenters. The lowest BCUT2D eigenvalue weighted by Gasteiger charge is -2.37. The van der Waals surface area contributed by atoms with E-state index in [1.165, 1.54) is 16.7 Å². The maximum absolute atomic E-state index is 13.0. The number of carbonyl (C=O) groups is 1. The summed E-state index contributed by atoms with van der Waals surface area (Å²) in [6.07, 6.45) is 3.44. The smallest absolute Gasteiger partial charge is 0.270 e. The van der Waals surface area contributed by atoms with E-state index in [2.05, 4.69) is 29.4 Å². The van der Waals surface area contributed by atoms with Crippen molar-refractivity contribution in [1.29, 1.82) is 5.26 Å². The fraction of sp³-hybridized carbons (Fsp3) is 0.455. The van der Waals surface area contributed by atoms with Gasteiger partial charge in [0.05, 0.1) is 4.91 Å². The summed E-state index contributed by atoms with van der Waals surface area (Å²) in [5.74, 6) is 0.595. The highest BCUT2D eigenvalue weighted by atomic mass is 32.2. The number of thioether (sulfide) groups is 1. The minimum atomic E-state index is -0.285. The predicted molar refractivity (Wildman–Crippen MR) is 130 cm³/mol. The molecule has 31 heavy (non-hydrogen) atoms. The summed E-state index contributed by atoms with van der Waals surface area (Å²) in [7, 11) is 0. The van der Waals surface area contributed by atoms with Gasteiger partial charge in [-0.05, 0) is 32.0 Å². The normalized spacial score (nSPS) is 18.7. The van der Waals surface area contributed by atoms with Gasteiger partial charge in [-0.1, -0.05) is 37.0 Å². The molecule has 9 heteroatoms. The first-order chi connectivity index (χ1) is 14.9. The van der Waals surface area contributed by atoms with E-state index in [4.69, 9.17) is 12.2 Å². The highest BCUT2D eigenvalue weighted by Crippen LogP contribution is 2.36. The number of amides is 1. The van der Waals surface area contributed by atoms with Gasteiger partial charge in [0.2, 0.25) is 0 Å². The molecule has 0 bridgehead atoms. The average molecular weight is 458 g/mol. The molecule has 3 heterocycles. The molecule has 2 fully saturated rings. The number of anilines is 1. The third kappa shape index (κ3) is 4.33. The molecule has 164 valence electrons. The summed E-state index contributed by atoms with van der Waals surface area (Å²) in [6.45, 7) is 14.6. The molecule has 0 atom stereocenters. The van der Waals surface area contributed by atoms with E-state index in [9.17, 15) is 14.9 Å². The lowest BCUT2D eigenvalue weighted by molar-refractivity contribution is -0.121. The number of nitrogens with zero attached hydrogens (tertiary/aromatic N) is 5. The molecule has 2 aliphatic rings. The predicted octanol–water partition coefficient (Wildman–Crippen LogP) is 2.58. The summed E-state index contributed by atoms with van der Waals surface area (Å²) >= 11 is 6.61. The standard InChI is InChI=1S/C22H27N5O2S2/c1-5-8-27-21(29)18(31-22(27)30)13-16-15(4)17(14-23)20(28)26(7-3)19(16)25-11-9-24(6-2)10-12-25/h5,13H,1,6-12H2,2-4H3. The number of nitriles is 1. The lowest BCUT2D eigenvalue weighted by atomic mass is 10.0. The molecule has 0 spiro atoms. The van der Waals surface area contributed by atoms with Crippen LogP contribution >= 0.6 is 24.0 Å². The second-order valence-corrected chi connectivity index (χ2v) is 9.08. The molecule has 0 saturated carbocycles. The van der Waals surface area contributed by atoms with Crippen LogP contribution in [0.2, 0.25) is 0 Å². The van der Waals surface area contributed by atoms with E-state index in [1.807, 2.05) is 6.92 Å². The second kappa shape index (κ2) is 9.81. The van der Waals surface area contributed by atoms with Gasteiger partial charge in [-0.2, -0.15) is 5.26 Å². The van der Waals surface area contributed by atoms with Crippen molar-refractivity contribution < 1.29 is 4.79 Å². The number of rotatable bonds is 6. The van der Waals surface area contributed by atoms with Crippen LogP contribution in [0.3, 0.4) is 0 Å².